The van der Waals surface area contributed by atoms with Crippen LogP contribution in [0.2, 0.25) is 0 Å². The maximum absolute atomic E-state index is 12.8. The maximum Gasteiger partial charge on any atom is 0.223 e. The lowest BCUT2D eigenvalue weighted by Crippen LogP contribution is -2.30. The zero-order valence-electron chi connectivity index (χ0n) is 15.2. The molecule has 0 bridgehead atoms. The molecule has 4 nitrogen and oxygen atoms in total. The van der Waals surface area contributed by atoms with E-state index >= 15 is 0 Å². The van der Waals surface area contributed by atoms with Gasteiger partial charge in [0.05, 0.1) is 24.7 Å². The number of likely N-dealkylation sites (tertiary alicyclic amines) is 1. The SMILES string of the molecule is COc1ccc(C2CCCN2C(=O)CCc2ccc(OC)c(Br)c2)cc1. The second-order valence-electron chi connectivity index (χ2n) is 6.49. The summed E-state index contributed by atoms with van der Waals surface area (Å²) >= 11 is 3.50. The highest BCUT2D eigenvalue weighted by Gasteiger charge is 2.29. The fourth-order valence-corrected chi connectivity index (χ4v) is 4.09. The van der Waals surface area contributed by atoms with Crippen molar-refractivity contribution in [3.05, 3.63) is 58.1 Å². The predicted molar refractivity (Wildman–Crippen MR) is 106 cm³/mol. The summed E-state index contributed by atoms with van der Waals surface area (Å²) in [5.41, 5.74) is 2.31. The molecule has 0 saturated carbocycles. The molecule has 0 spiro atoms. The van der Waals surface area contributed by atoms with Crippen LogP contribution in [-0.4, -0.2) is 31.6 Å². The van der Waals surface area contributed by atoms with Crippen molar-refractivity contribution in [3.63, 3.8) is 0 Å². The second-order valence-corrected chi connectivity index (χ2v) is 7.34. The number of ether oxygens (including phenoxy) is 2. The number of carbonyl (C=O) groups excluding carboxylic acids is 1. The molecular weight excluding hydrogens is 394 g/mol. The molecule has 3 rings (SSSR count). The summed E-state index contributed by atoms with van der Waals surface area (Å²) in [6.45, 7) is 0.835. The molecule has 138 valence electrons. The summed E-state index contributed by atoms with van der Waals surface area (Å²) in [4.78, 5) is 14.8. The van der Waals surface area contributed by atoms with E-state index in [1.165, 1.54) is 5.56 Å². The minimum atomic E-state index is 0.177. The van der Waals surface area contributed by atoms with Gasteiger partial charge in [-0.1, -0.05) is 18.2 Å². The van der Waals surface area contributed by atoms with E-state index in [9.17, 15) is 4.79 Å². The monoisotopic (exact) mass is 417 g/mol. The Morgan fingerprint density at radius 2 is 1.92 bits per heavy atom. The van der Waals surface area contributed by atoms with Crippen LogP contribution in [0.25, 0.3) is 0 Å². The number of methoxy groups -OCH3 is 2. The molecule has 1 amide bonds. The molecule has 2 aromatic rings. The Hall–Kier alpha value is -2.01. The number of rotatable bonds is 6. The van der Waals surface area contributed by atoms with Crippen LogP contribution in [0.3, 0.4) is 0 Å². The molecule has 1 heterocycles. The number of nitrogens with zero attached hydrogens (tertiary/aromatic N) is 1. The summed E-state index contributed by atoms with van der Waals surface area (Å²) in [7, 11) is 3.31. The lowest BCUT2D eigenvalue weighted by molar-refractivity contribution is -0.132. The molecule has 26 heavy (non-hydrogen) atoms. The number of aryl methyl sites for hydroxylation is 1. The maximum atomic E-state index is 12.8. The first-order valence-electron chi connectivity index (χ1n) is 8.88. The van der Waals surface area contributed by atoms with Crippen molar-refractivity contribution >= 4 is 21.8 Å². The van der Waals surface area contributed by atoms with Gasteiger partial charge < -0.3 is 14.4 Å². The summed E-state index contributed by atoms with van der Waals surface area (Å²) in [5.74, 6) is 1.86. The van der Waals surface area contributed by atoms with Gasteiger partial charge in [-0.2, -0.15) is 0 Å². The molecule has 0 aromatic heterocycles. The van der Waals surface area contributed by atoms with Gasteiger partial charge in [0.25, 0.3) is 0 Å². The number of hydrogen-bond donors (Lipinski definition) is 0. The van der Waals surface area contributed by atoms with E-state index in [1.54, 1.807) is 14.2 Å². The Kier molecular flexibility index (Phi) is 6.20. The smallest absolute Gasteiger partial charge is 0.223 e. The van der Waals surface area contributed by atoms with E-state index in [0.717, 1.165) is 47.3 Å². The Labute approximate surface area is 163 Å². The number of hydrogen-bond acceptors (Lipinski definition) is 3. The zero-order chi connectivity index (χ0) is 18.5. The largest absolute Gasteiger partial charge is 0.497 e. The molecule has 1 aliphatic rings. The van der Waals surface area contributed by atoms with E-state index < -0.39 is 0 Å². The van der Waals surface area contributed by atoms with Gasteiger partial charge in [-0.05, 0) is 70.6 Å². The minimum absolute atomic E-state index is 0.177. The third kappa shape index (κ3) is 4.21. The Morgan fingerprint density at radius 3 is 2.58 bits per heavy atom. The molecule has 1 unspecified atom stereocenters. The molecule has 1 saturated heterocycles. The van der Waals surface area contributed by atoms with Crippen LogP contribution in [0.15, 0.2) is 46.9 Å². The third-order valence-corrected chi connectivity index (χ3v) is 5.54. The van der Waals surface area contributed by atoms with Crippen LogP contribution in [0.5, 0.6) is 11.5 Å². The average Bonchev–Trinajstić information content (AvgIpc) is 3.16. The second kappa shape index (κ2) is 8.58. The zero-order valence-corrected chi connectivity index (χ0v) is 16.8. The van der Waals surface area contributed by atoms with Gasteiger partial charge in [0.1, 0.15) is 11.5 Å². The normalized spacial score (nSPS) is 16.6. The molecule has 0 N–H and O–H groups in total. The first-order chi connectivity index (χ1) is 12.6. The molecule has 1 aliphatic heterocycles. The van der Waals surface area contributed by atoms with Gasteiger partial charge in [-0.3, -0.25) is 4.79 Å². The Bertz CT molecular complexity index is 760. The number of carbonyl (C=O) groups is 1. The molecule has 1 atom stereocenters. The molecular formula is C21H24BrNO3. The van der Waals surface area contributed by atoms with E-state index in [1.807, 2.05) is 35.2 Å². The molecule has 1 fully saturated rings. The van der Waals surface area contributed by atoms with E-state index in [0.29, 0.717) is 6.42 Å². The minimum Gasteiger partial charge on any atom is -0.497 e. The Balaban J connectivity index is 1.63. The summed E-state index contributed by atoms with van der Waals surface area (Å²) in [6.07, 6.45) is 3.32. The molecule has 0 aliphatic carbocycles. The van der Waals surface area contributed by atoms with E-state index in [2.05, 4.69) is 28.1 Å². The van der Waals surface area contributed by atoms with E-state index in [-0.39, 0.29) is 11.9 Å². The standard InChI is InChI=1S/C21H24BrNO3/c1-25-17-9-7-16(8-10-17)19-4-3-13-23(19)21(24)12-6-15-5-11-20(26-2)18(22)14-15/h5,7-11,14,19H,3-4,6,12-13H2,1-2H3. The topological polar surface area (TPSA) is 38.8 Å². The van der Waals surface area contributed by atoms with Gasteiger partial charge >= 0.3 is 0 Å². The quantitative estimate of drug-likeness (QED) is 0.679. The highest BCUT2D eigenvalue weighted by molar-refractivity contribution is 9.10. The van der Waals surface area contributed by atoms with Crippen LogP contribution in [0.4, 0.5) is 0 Å². The number of benzene rings is 2. The number of amides is 1. The summed E-state index contributed by atoms with van der Waals surface area (Å²) in [6, 6.07) is 14.2. The van der Waals surface area contributed by atoms with Crippen molar-refractivity contribution in [3.8, 4) is 11.5 Å². The Morgan fingerprint density at radius 1 is 1.15 bits per heavy atom. The van der Waals surface area contributed by atoms with Crippen molar-refractivity contribution < 1.29 is 14.3 Å². The van der Waals surface area contributed by atoms with Crippen molar-refractivity contribution in [2.75, 3.05) is 20.8 Å². The van der Waals surface area contributed by atoms with Crippen LogP contribution < -0.4 is 9.47 Å². The van der Waals surface area contributed by atoms with Crippen molar-refractivity contribution in [2.45, 2.75) is 31.7 Å². The van der Waals surface area contributed by atoms with Crippen LogP contribution in [0.1, 0.15) is 36.4 Å². The fraction of sp³-hybridized carbons (Fsp3) is 0.381. The molecule has 2 aromatic carbocycles. The third-order valence-electron chi connectivity index (χ3n) is 4.92. The first kappa shape index (κ1) is 18.8. The van der Waals surface area contributed by atoms with Gasteiger partial charge in [0.2, 0.25) is 5.91 Å². The average molecular weight is 418 g/mol. The lowest BCUT2D eigenvalue weighted by atomic mass is 10.0. The molecule has 0 radical (unpaired) electrons. The first-order valence-corrected chi connectivity index (χ1v) is 9.67. The van der Waals surface area contributed by atoms with Gasteiger partial charge in [0.15, 0.2) is 0 Å². The lowest BCUT2D eigenvalue weighted by Gasteiger charge is -2.25. The van der Waals surface area contributed by atoms with Gasteiger partial charge in [-0.15, -0.1) is 0 Å². The van der Waals surface area contributed by atoms with E-state index in [4.69, 9.17) is 9.47 Å². The molecule has 5 heteroatoms. The summed E-state index contributed by atoms with van der Waals surface area (Å²) in [5, 5.41) is 0. The highest BCUT2D eigenvalue weighted by Crippen LogP contribution is 2.33. The van der Waals surface area contributed by atoms with Crippen LogP contribution in [-0.2, 0) is 11.2 Å². The van der Waals surface area contributed by atoms with Crippen molar-refractivity contribution in [1.29, 1.82) is 0 Å². The van der Waals surface area contributed by atoms with Crippen LogP contribution in [0, 0.1) is 0 Å². The summed E-state index contributed by atoms with van der Waals surface area (Å²) < 4.78 is 11.4. The van der Waals surface area contributed by atoms with Crippen molar-refractivity contribution in [1.82, 2.24) is 4.90 Å². The van der Waals surface area contributed by atoms with Gasteiger partial charge in [-0.25, -0.2) is 0 Å². The predicted octanol–water partition coefficient (Wildman–Crippen LogP) is 4.76. The van der Waals surface area contributed by atoms with Gasteiger partial charge in [0, 0.05) is 13.0 Å². The highest BCUT2D eigenvalue weighted by atomic mass is 79.9. The van der Waals surface area contributed by atoms with Crippen LogP contribution >= 0.6 is 15.9 Å². The number of halogens is 1. The van der Waals surface area contributed by atoms with Crippen molar-refractivity contribution in [2.24, 2.45) is 0 Å². The fourth-order valence-electron chi connectivity index (χ4n) is 3.50.